The molecule has 0 aromatic carbocycles. The molecule has 1 amide bonds. The summed E-state index contributed by atoms with van der Waals surface area (Å²) in [6.45, 7) is 8.88. The van der Waals surface area contributed by atoms with Crippen LogP contribution in [0.1, 0.15) is 51.1 Å². The van der Waals surface area contributed by atoms with Gasteiger partial charge in [0, 0.05) is 24.4 Å². The number of anilines is 1. The first-order valence-corrected chi connectivity index (χ1v) is 10.8. The van der Waals surface area contributed by atoms with Crippen LogP contribution in [-0.2, 0) is 4.79 Å². The summed E-state index contributed by atoms with van der Waals surface area (Å²) >= 11 is 0. The van der Waals surface area contributed by atoms with E-state index in [4.69, 9.17) is 5.73 Å². The maximum absolute atomic E-state index is 13.4. The molecule has 1 aromatic rings. The number of aryl methyl sites for hydroxylation is 1. The van der Waals surface area contributed by atoms with Crippen molar-refractivity contribution in [1.29, 1.82) is 0 Å². The molecule has 1 unspecified atom stereocenters. The summed E-state index contributed by atoms with van der Waals surface area (Å²) in [5.41, 5.74) is 9.37. The number of rotatable bonds is 8. The minimum Gasteiger partial charge on any atom is -0.382 e. The first-order chi connectivity index (χ1) is 14.4. The Kier molecular flexibility index (Phi) is 7.13. The molecule has 1 atom stereocenters. The van der Waals surface area contributed by atoms with E-state index in [0.29, 0.717) is 17.8 Å². The normalized spacial score (nSPS) is 20.1. The van der Waals surface area contributed by atoms with Gasteiger partial charge in [-0.15, -0.1) is 0 Å². The molecule has 1 aromatic heterocycles. The fourth-order valence-corrected chi connectivity index (χ4v) is 4.43. The lowest BCUT2D eigenvalue weighted by Gasteiger charge is -2.27. The van der Waals surface area contributed by atoms with Crippen LogP contribution >= 0.6 is 0 Å². The van der Waals surface area contributed by atoms with Crippen molar-refractivity contribution >= 4 is 23.6 Å². The minimum absolute atomic E-state index is 0.169. The van der Waals surface area contributed by atoms with E-state index in [1.165, 1.54) is 32.1 Å². The topological polar surface area (TPSA) is 102 Å². The number of carbonyl (C=O) groups excluding carboxylic acids is 1. The van der Waals surface area contributed by atoms with E-state index in [2.05, 4.69) is 22.2 Å². The van der Waals surface area contributed by atoms with Crippen molar-refractivity contribution < 1.29 is 4.79 Å². The second kappa shape index (κ2) is 9.78. The number of hydrogen-bond donors (Lipinski definition) is 3. The Labute approximate surface area is 178 Å². The number of pyridine rings is 1. The average molecular weight is 412 g/mol. The second-order valence-electron chi connectivity index (χ2n) is 8.29. The number of amidine groups is 1. The van der Waals surface area contributed by atoms with Gasteiger partial charge in [-0.3, -0.25) is 19.1 Å². The molecule has 30 heavy (non-hydrogen) atoms. The number of amides is 1. The highest BCUT2D eigenvalue weighted by Gasteiger charge is 2.26. The van der Waals surface area contributed by atoms with Crippen LogP contribution in [0.25, 0.3) is 5.70 Å². The number of nitrogens with zero attached hydrogens (tertiary/aromatic N) is 2. The standard InChI is InChI=1S/C23H33N5O2/c1-15-9-10-20(26-12-11-18-7-5-4-6-8-18)23(30)28(15)21-19(13-25-14-29)16(2)17(3)27-22(21)24/h9-10,14,17-18,26H,2,4-8,11-13H2,1,3H3,(H2,24,27)(H,25,29). The fraction of sp³-hybridized carbons (Fsp3) is 0.522. The van der Waals surface area contributed by atoms with E-state index in [1.807, 2.05) is 26.0 Å². The number of nitrogens with one attached hydrogen (secondary N) is 2. The van der Waals surface area contributed by atoms with Crippen molar-refractivity contribution in [2.24, 2.45) is 16.6 Å². The molecule has 2 heterocycles. The fourth-order valence-electron chi connectivity index (χ4n) is 4.43. The molecule has 3 rings (SSSR count). The SMILES string of the molecule is C=C1C(CNC=O)=C(n2c(C)ccc(NCCC3CCCCC3)c2=O)C(N)=NC1C. The van der Waals surface area contributed by atoms with Crippen LogP contribution < -0.4 is 21.9 Å². The Morgan fingerprint density at radius 2 is 2.03 bits per heavy atom. The summed E-state index contributed by atoms with van der Waals surface area (Å²) in [4.78, 5) is 28.7. The largest absolute Gasteiger partial charge is 0.382 e. The number of carbonyl (C=O) groups is 1. The number of hydrogen-bond acceptors (Lipinski definition) is 5. The first kappa shape index (κ1) is 21.9. The zero-order valence-corrected chi connectivity index (χ0v) is 18.0. The Balaban J connectivity index is 1.91. The molecule has 1 saturated carbocycles. The van der Waals surface area contributed by atoms with E-state index < -0.39 is 0 Å². The van der Waals surface area contributed by atoms with E-state index in [0.717, 1.165) is 35.7 Å². The zero-order chi connectivity index (χ0) is 21.7. The third-order valence-corrected chi connectivity index (χ3v) is 6.21. The number of dihydropyridines is 1. The van der Waals surface area contributed by atoms with Gasteiger partial charge in [-0.1, -0.05) is 38.7 Å². The minimum atomic E-state index is -0.204. The molecule has 0 radical (unpaired) electrons. The first-order valence-electron chi connectivity index (χ1n) is 10.8. The van der Waals surface area contributed by atoms with Gasteiger partial charge in [-0.05, 0) is 43.9 Å². The smallest absolute Gasteiger partial charge is 0.278 e. The maximum Gasteiger partial charge on any atom is 0.278 e. The number of aliphatic imine (C=N–C) groups is 1. The number of aromatic nitrogens is 1. The Hall–Kier alpha value is -2.83. The summed E-state index contributed by atoms with van der Waals surface area (Å²) in [6, 6.07) is 3.52. The highest BCUT2D eigenvalue weighted by Crippen LogP contribution is 2.28. The van der Waals surface area contributed by atoms with Crippen molar-refractivity contribution in [3.63, 3.8) is 0 Å². The van der Waals surface area contributed by atoms with Gasteiger partial charge in [0.2, 0.25) is 6.41 Å². The second-order valence-corrected chi connectivity index (χ2v) is 8.29. The van der Waals surface area contributed by atoms with Gasteiger partial charge in [0.05, 0.1) is 11.7 Å². The quantitative estimate of drug-likeness (QED) is 0.573. The summed E-state index contributed by atoms with van der Waals surface area (Å²) in [5.74, 6) is 1.02. The molecule has 0 spiro atoms. The number of nitrogens with two attached hydrogens (primary N) is 1. The average Bonchev–Trinajstić information content (AvgIpc) is 2.73. The van der Waals surface area contributed by atoms with E-state index in [9.17, 15) is 9.59 Å². The molecule has 0 saturated heterocycles. The van der Waals surface area contributed by atoms with E-state index in [-0.39, 0.29) is 24.0 Å². The third kappa shape index (κ3) is 4.66. The Morgan fingerprint density at radius 1 is 1.30 bits per heavy atom. The lowest BCUT2D eigenvalue weighted by atomic mass is 9.87. The van der Waals surface area contributed by atoms with Crippen molar-refractivity contribution in [2.75, 3.05) is 18.4 Å². The molecular weight excluding hydrogens is 378 g/mol. The monoisotopic (exact) mass is 411 g/mol. The molecule has 7 nitrogen and oxygen atoms in total. The van der Waals surface area contributed by atoms with Crippen LogP contribution in [0, 0.1) is 12.8 Å². The van der Waals surface area contributed by atoms with Crippen LogP contribution in [0.5, 0.6) is 0 Å². The molecule has 1 fully saturated rings. The van der Waals surface area contributed by atoms with Gasteiger partial charge in [-0.25, -0.2) is 0 Å². The maximum atomic E-state index is 13.4. The molecule has 1 aliphatic carbocycles. The van der Waals surface area contributed by atoms with Crippen LogP contribution in [-0.4, -0.2) is 35.9 Å². The summed E-state index contributed by atoms with van der Waals surface area (Å²) in [5, 5.41) is 6.00. The van der Waals surface area contributed by atoms with Gasteiger partial charge in [0.15, 0.2) is 0 Å². The summed E-state index contributed by atoms with van der Waals surface area (Å²) in [7, 11) is 0. The lowest BCUT2D eigenvalue weighted by Crippen LogP contribution is -2.36. The van der Waals surface area contributed by atoms with Crippen LogP contribution in [0.4, 0.5) is 5.69 Å². The third-order valence-electron chi connectivity index (χ3n) is 6.21. The van der Waals surface area contributed by atoms with Crippen molar-refractivity contribution in [1.82, 2.24) is 9.88 Å². The van der Waals surface area contributed by atoms with Crippen molar-refractivity contribution in [2.45, 2.75) is 58.4 Å². The van der Waals surface area contributed by atoms with Gasteiger partial charge >= 0.3 is 0 Å². The van der Waals surface area contributed by atoms with Crippen molar-refractivity contribution in [3.05, 3.63) is 45.9 Å². The molecular formula is C23H33N5O2. The summed E-state index contributed by atoms with van der Waals surface area (Å²) in [6.07, 6.45) is 8.24. The van der Waals surface area contributed by atoms with Crippen LogP contribution in [0.3, 0.4) is 0 Å². The van der Waals surface area contributed by atoms with Crippen molar-refractivity contribution in [3.8, 4) is 0 Å². The molecule has 4 N–H and O–H groups in total. The molecule has 0 bridgehead atoms. The zero-order valence-electron chi connectivity index (χ0n) is 18.0. The highest BCUT2D eigenvalue weighted by molar-refractivity contribution is 6.19. The van der Waals surface area contributed by atoms with Gasteiger partial charge in [0.25, 0.3) is 5.56 Å². The molecule has 1 aliphatic heterocycles. The molecule has 162 valence electrons. The summed E-state index contributed by atoms with van der Waals surface area (Å²) < 4.78 is 1.58. The van der Waals surface area contributed by atoms with Gasteiger partial charge in [0.1, 0.15) is 11.5 Å². The van der Waals surface area contributed by atoms with Gasteiger partial charge < -0.3 is 16.4 Å². The van der Waals surface area contributed by atoms with E-state index in [1.54, 1.807) is 4.57 Å². The van der Waals surface area contributed by atoms with Crippen LogP contribution in [0.15, 0.2) is 39.6 Å². The predicted octanol–water partition coefficient (Wildman–Crippen LogP) is 2.81. The van der Waals surface area contributed by atoms with E-state index >= 15 is 0 Å². The molecule has 7 heteroatoms. The predicted molar refractivity (Wildman–Crippen MR) is 123 cm³/mol. The van der Waals surface area contributed by atoms with Gasteiger partial charge in [-0.2, -0.15) is 0 Å². The lowest BCUT2D eigenvalue weighted by molar-refractivity contribution is -0.109. The Morgan fingerprint density at radius 3 is 2.73 bits per heavy atom. The Bertz CT molecular complexity index is 922. The molecule has 2 aliphatic rings. The highest BCUT2D eigenvalue weighted by atomic mass is 16.1. The van der Waals surface area contributed by atoms with Crippen LogP contribution in [0.2, 0.25) is 0 Å².